The average molecular weight is 416 g/mol. The summed E-state index contributed by atoms with van der Waals surface area (Å²) in [6.07, 6.45) is 6.55. The fourth-order valence-corrected chi connectivity index (χ4v) is 3.60. The van der Waals surface area contributed by atoms with Crippen molar-refractivity contribution in [3.63, 3.8) is 0 Å². The molecule has 1 aromatic carbocycles. The first-order valence-corrected chi connectivity index (χ1v) is 9.62. The van der Waals surface area contributed by atoms with E-state index in [1.165, 1.54) is 23.0 Å². The summed E-state index contributed by atoms with van der Waals surface area (Å²) < 4.78 is 15.1. The van der Waals surface area contributed by atoms with Gasteiger partial charge < -0.3 is 15.4 Å². The van der Waals surface area contributed by atoms with Crippen molar-refractivity contribution < 1.29 is 14.3 Å². The van der Waals surface area contributed by atoms with Crippen LogP contribution in [-0.2, 0) is 6.42 Å². The van der Waals surface area contributed by atoms with Crippen molar-refractivity contribution in [3.8, 4) is 11.3 Å². The molecule has 0 radical (unpaired) electrons. The van der Waals surface area contributed by atoms with Gasteiger partial charge in [0.1, 0.15) is 17.2 Å². The Bertz CT molecular complexity index is 1420. The number of aromatic carboxylic acids is 1. The summed E-state index contributed by atoms with van der Waals surface area (Å²) in [5.74, 6) is -1.08. The van der Waals surface area contributed by atoms with Gasteiger partial charge in [0.05, 0.1) is 18.1 Å². The van der Waals surface area contributed by atoms with E-state index in [4.69, 9.17) is 0 Å². The van der Waals surface area contributed by atoms with Crippen LogP contribution in [0.15, 0.2) is 61.2 Å². The van der Waals surface area contributed by atoms with Crippen molar-refractivity contribution >= 4 is 28.3 Å². The number of carbonyl (C=O) groups is 1. The molecule has 0 atom stereocenters. The van der Waals surface area contributed by atoms with E-state index in [0.29, 0.717) is 23.6 Å². The molecule has 0 saturated carbocycles. The Morgan fingerprint density at radius 2 is 2.06 bits per heavy atom. The molecule has 0 fully saturated rings. The molecular formula is C22H17FN6O2. The third-order valence-electron chi connectivity index (χ3n) is 5.08. The van der Waals surface area contributed by atoms with E-state index >= 15 is 0 Å². The maximum absolute atomic E-state index is 13.7. The lowest BCUT2D eigenvalue weighted by Crippen LogP contribution is -2.10. The minimum Gasteiger partial charge on any atom is -0.477 e. The molecule has 0 amide bonds. The number of nitrogens with one attached hydrogen (secondary N) is 2. The molecule has 0 saturated heterocycles. The summed E-state index contributed by atoms with van der Waals surface area (Å²) in [5.41, 5.74) is 3.21. The van der Waals surface area contributed by atoms with E-state index in [9.17, 15) is 14.3 Å². The van der Waals surface area contributed by atoms with Crippen molar-refractivity contribution in [2.24, 2.45) is 0 Å². The number of anilines is 1. The van der Waals surface area contributed by atoms with E-state index in [2.05, 4.69) is 31.4 Å². The first-order valence-electron chi connectivity index (χ1n) is 9.62. The third kappa shape index (κ3) is 3.46. The van der Waals surface area contributed by atoms with Crippen molar-refractivity contribution in [1.82, 2.24) is 24.6 Å². The first-order chi connectivity index (χ1) is 15.1. The van der Waals surface area contributed by atoms with Crippen LogP contribution in [0, 0.1) is 5.82 Å². The number of carboxylic acid groups (broad SMARTS) is 1. The number of pyridine rings is 1. The van der Waals surface area contributed by atoms with Crippen LogP contribution < -0.4 is 5.32 Å². The van der Waals surface area contributed by atoms with E-state index in [1.54, 1.807) is 6.07 Å². The van der Waals surface area contributed by atoms with Crippen LogP contribution in [0.25, 0.3) is 27.8 Å². The zero-order valence-corrected chi connectivity index (χ0v) is 16.2. The molecule has 8 nitrogen and oxygen atoms in total. The largest absolute Gasteiger partial charge is 0.477 e. The number of halogens is 1. The summed E-state index contributed by atoms with van der Waals surface area (Å²) in [6.45, 7) is 0.573. The minimum atomic E-state index is -1.14. The first kappa shape index (κ1) is 18.7. The molecule has 0 aliphatic rings. The molecule has 0 unspecified atom stereocenters. The molecule has 5 rings (SSSR count). The highest BCUT2D eigenvalue weighted by molar-refractivity contribution is 5.94. The third-order valence-corrected chi connectivity index (χ3v) is 5.08. The number of para-hydroxylation sites is 1. The van der Waals surface area contributed by atoms with Gasteiger partial charge in [-0.25, -0.2) is 14.2 Å². The number of carboxylic acids is 1. The van der Waals surface area contributed by atoms with E-state index in [0.717, 1.165) is 29.1 Å². The van der Waals surface area contributed by atoms with E-state index in [-0.39, 0.29) is 11.2 Å². The van der Waals surface area contributed by atoms with Crippen molar-refractivity contribution in [1.29, 1.82) is 0 Å². The maximum Gasteiger partial charge on any atom is 0.341 e. The smallest absolute Gasteiger partial charge is 0.341 e. The van der Waals surface area contributed by atoms with E-state index < -0.39 is 11.8 Å². The zero-order chi connectivity index (χ0) is 21.4. The standard InChI is InChI=1S/C22H17FN6O2/c23-15-7-14(9-24-11-15)19-8-20(29-21(28-19)17(12-27-29)22(30)31)25-6-5-13-10-26-18-4-2-1-3-16(13)18/h1-4,7-12,25-26H,5-6H2,(H,30,31). The van der Waals surface area contributed by atoms with Crippen LogP contribution in [0.3, 0.4) is 0 Å². The van der Waals surface area contributed by atoms with Crippen molar-refractivity contribution in [2.45, 2.75) is 6.42 Å². The molecule has 9 heteroatoms. The molecule has 4 aromatic heterocycles. The quantitative estimate of drug-likeness (QED) is 0.389. The second-order valence-corrected chi connectivity index (χ2v) is 7.05. The molecular weight excluding hydrogens is 399 g/mol. The lowest BCUT2D eigenvalue weighted by Gasteiger charge is -2.11. The number of fused-ring (bicyclic) bond motifs is 2. The van der Waals surface area contributed by atoms with Crippen LogP contribution in [0.2, 0.25) is 0 Å². The summed E-state index contributed by atoms with van der Waals surface area (Å²) in [4.78, 5) is 23.1. The molecule has 0 bridgehead atoms. The Morgan fingerprint density at radius 1 is 1.19 bits per heavy atom. The lowest BCUT2D eigenvalue weighted by molar-refractivity contribution is 0.0698. The van der Waals surface area contributed by atoms with Gasteiger partial charge in [0.2, 0.25) is 0 Å². The molecule has 154 valence electrons. The number of hydrogen-bond donors (Lipinski definition) is 3. The number of benzene rings is 1. The molecule has 3 N–H and O–H groups in total. The minimum absolute atomic E-state index is 0.0362. The Morgan fingerprint density at radius 3 is 2.90 bits per heavy atom. The van der Waals surface area contributed by atoms with Gasteiger partial charge in [-0.05, 0) is 24.1 Å². The normalized spacial score (nSPS) is 11.3. The second kappa shape index (κ2) is 7.52. The lowest BCUT2D eigenvalue weighted by atomic mass is 10.1. The topological polar surface area (TPSA) is 108 Å². The van der Waals surface area contributed by atoms with Gasteiger partial charge in [0.25, 0.3) is 0 Å². The molecule has 0 spiro atoms. The van der Waals surface area contributed by atoms with Crippen LogP contribution in [0.5, 0.6) is 0 Å². The van der Waals surface area contributed by atoms with Gasteiger partial charge in [0.15, 0.2) is 5.65 Å². The average Bonchev–Trinajstić information content (AvgIpc) is 3.38. The van der Waals surface area contributed by atoms with E-state index in [1.807, 2.05) is 24.4 Å². The monoisotopic (exact) mass is 416 g/mol. The summed E-state index contributed by atoms with van der Waals surface area (Å²) in [7, 11) is 0. The Kier molecular flexibility index (Phi) is 4.55. The molecule has 0 aliphatic heterocycles. The number of hydrogen-bond acceptors (Lipinski definition) is 5. The van der Waals surface area contributed by atoms with Crippen molar-refractivity contribution in [3.05, 3.63) is 78.1 Å². The number of rotatable bonds is 6. The van der Waals surface area contributed by atoms with Gasteiger partial charge in [-0.15, -0.1) is 0 Å². The van der Waals surface area contributed by atoms with Gasteiger partial charge >= 0.3 is 5.97 Å². The Balaban J connectivity index is 1.50. The highest BCUT2D eigenvalue weighted by Crippen LogP contribution is 2.24. The van der Waals surface area contributed by atoms with Crippen LogP contribution in [0.4, 0.5) is 10.2 Å². The maximum atomic E-state index is 13.7. The summed E-state index contributed by atoms with van der Waals surface area (Å²) in [5, 5.41) is 18.1. The highest BCUT2D eigenvalue weighted by atomic mass is 19.1. The highest BCUT2D eigenvalue weighted by Gasteiger charge is 2.17. The number of H-pyrrole nitrogens is 1. The molecule has 4 heterocycles. The van der Waals surface area contributed by atoms with Gasteiger partial charge in [0, 0.05) is 41.5 Å². The number of aromatic amines is 1. The Hall–Kier alpha value is -4.27. The molecule has 31 heavy (non-hydrogen) atoms. The van der Waals surface area contributed by atoms with Gasteiger partial charge in [-0.3, -0.25) is 4.98 Å². The zero-order valence-electron chi connectivity index (χ0n) is 16.2. The molecule has 5 aromatic rings. The molecule has 0 aliphatic carbocycles. The predicted molar refractivity (Wildman–Crippen MR) is 114 cm³/mol. The van der Waals surface area contributed by atoms with Gasteiger partial charge in [-0.2, -0.15) is 9.61 Å². The van der Waals surface area contributed by atoms with Crippen LogP contribution in [-0.4, -0.2) is 42.2 Å². The fourth-order valence-electron chi connectivity index (χ4n) is 3.60. The number of nitrogens with zero attached hydrogens (tertiary/aromatic N) is 4. The van der Waals surface area contributed by atoms with Crippen LogP contribution in [0.1, 0.15) is 15.9 Å². The fraction of sp³-hybridized carbons (Fsp3) is 0.0909. The number of aromatic nitrogens is 5. The predicted octanol–water partition coefficient (Wildman–Crippen LogP) is 3.76. The van der Waals surface area contributed by atoms with Crippen molar-refractivity contribution in [2.75, 3.05) is 11.9 Å². The van der Waals surface area contributed by atoms with Crippen LogP contribution >= 0.6 is 0 Å². The SMILES string of the molecule is O=C(O)c1cnn2c(NCCc3c[nH]c4ccccc34)cc(-c3cncc(F)c3)nc12. The summed E-state index contributed by atoms with van der Waals surface area (Å²) >= 11 is 0. The Labute approximate surface area is 175 Å². The summed E-state index contributed by atoms with van der Waals surface area (Å²) in [6, 6.07) is 11.1. The second-order valence-electron chi connectivity index (χ2n) is 7.05. The van der Waals surface area contributed by atoms with Gasteiger partial charge in [-0.1, -0.05) is 18.2 Å².